The van der Waals surface area contributed by atoms with Gasteiger partial charge in [0.1, 0.15) is 4.90 Å². The van der Waals surface area contributed by atoms with Crippen LogP contribution < -0.4 is 10.0 Å². The van der Waals surface area contributed by atoms with Crippen LogP contribution in [0.3, 0.4) is 0 Å². The van der Waals surface area contributed by atoms with E-state index in [1.54, 1.807) is 34.0 Å². The molecule has 1 aromatic heterocycles. The maximum absolute atomic E-state index is 13.5. The number of methoxy groups -OCH3 is 1. The van der Waals surface area contributed by atoms with Crippen molar-refractivity contribution in [2.24, 2.45) is 10.8 Å². The third kappa shape index (κ3) is 4.36. The molecule has 0 atom stereocenters. The lowest BCUT2D eigenvalue weighted by Gasteiger charge is -2.23. The van der Waals surface area contributed by atoms with Gasteiger partial charge in [-0.25, -0.2) is 23.2 Å². The van der Waals surface area contributed by atoms with E-state index in [0.717, 1.165) is 0 Å². The van der Waals surface area contributed by atoms with Crippen LogP contribution in [0.5, 0.6) is 0 Å². The summed E-state index contributed by atoms with van der Waals surface area (Å²) in [5.41, 5.74) is 6.94. The second kappa shape index (κ2) is 8.21. The molecule has 10 nitrogen and oxygen atoms in total. The van der Waals surface area contributed by atoms with Crippen molar-refractivity contribution in [2.75, 3.05) is 25.5 Å². The van der Waals surface area contributed by atoms with Crippen LogP contribution in [-0.2, 0) is 14.8 Å². The minimum absolute atomic E-state index is 0.142. The molecular formula is C17H22N6O4S. The summed E-state index contributed by atoms with van der Waals surface area (Å²) >= 11 is 0. The van der Waals surface area contributed by atoms with Crippen molar-refractivity contribution < 1.29 is 17.9 Å². The van der Waals surface area contributed by atoms with Gasteiger partial charge in [0.25, 0.3) is 10.0 Å². The van der Waals surface area contributed by atoms with Gasteiger partial charge in [-0.2, -0.15) is 4.31 Å². The molecule has 0 spiro atoms. The van der Waals surface area contributed by atoms with E-state index in [2.05, 4.69) is 15.1 Å². The minimum atomic E-state index is -4.39. The van der Waals surface area contributed by atoms with Crippen molar-refractivity contribution >= 4 is 27.9 Å². The fourth-order valence-corrected chi connectivity index (χ4v) is 3.90. The predicted octanol–water partition coefficient (Wildman–Crippen LogP) is 0.867. The van der Waals surface area contributed by atoms with E-state index >= 15 is 0 Å². The number of anilines is 1. The Balaban J connectivity index is 2.78. The van der Waals surface area contributed by atoms with Crippen LogP contribution in [0.1, 0.15) is 21.7 Å². The maximum Gasteiger partial charge on any atom is 0.339 e. The Labute approximate surface area is 163 Å². The van der Waals surface area contributed by atoms with Gasteiger partial charge in [0, 0.05) is 25.5 Å². The Morgan fingerprint density at radius 1 is 1.14 bits per heavy atom. The van der Waals surface area contributed by atoms with Crippen LogP contribution in [-0.4, -0.2) is 56.5 Å². The number of hydrogen-bond donors (Lipinski definition) is 1. The van der Waals surface area contributed by atoms with Gasteiger partial charge >= 0.3 is 5.97 Å². The van der Waals surface area contributed by atoms with Crippen molar-refractivity contribution in [1.29, 1.82) is 0 Å². The van der Waals surface area contributed by atoms with Gasteiger partial charge in [0.2, 0.25) is 11.9 Å². The lowest BCUT2D eigenvalue weighted by molar-refractivity contribution is 0.0596. The van der Waals surface area contributed by atoms with Gasteiger partial charge in [-0.3, -0.25) is 5.01 Å². The highest BCUT2D eigenvalue weighted by atomic mass is 32.2. The highest BCUT2D eigenvalue weighted by Crippen LogP contribution is 2.24. The number of carbonyl (C=O) groups excluding carboxylic acids is 1. The minimum Gasteiger partial charge on any atom is -0.465 e. The van der Waals surface area contributed by atoms with E-state index in [9.17, 15) is 13.2 Å². The molecule has 0 bridgehead atoms. The lowest BCUT2D eigenvalue weighted by atomic mass is 10.2. The fourth-order valence-electron chi connectivity index (χ4n) is 2.45. The Bertz CT molecular complexity index is 1000. The highest BCUT2D eigenvalue weighted by Gasteiger charge is 2.34. The van der Waals surface area contributed by atoms with E-state index < -0.39 is 16.0 Å². The smallest absolute Gasteiger partial charge is 0.339 e. The Kier molecular flexibility index (Phi) is 6.19. The van der Waals surface area contributed by atoms with E-state index in [-0.39, 0.29) is 22.4 Å². The van der Waals surface area contributed by atoms with Gasteiger partial charge < -0.3 is 10.5 Å². The van der Waals surface area contributed by atoms with Gasteiger partial charge in [0.15, 0.2) is 0 Å². The molecule has 2 aromatic rings. The summed E-state index contributed by atoms with van der Waals surface area (Å²) in [5.74, 6) is -1.36. The Hall–Kier alpha value is -3.21. The third-order valence-electron chi connectivity index (χ3n) is 3.47. The summed E-state index contributed by atoms with van der Waals surface area (Å²) in [7, 11) is -0.0567. The summed E-state index contributed by atoms with van der Waals surface area (Å²) in [4.78, 5) is 20.2. The molecule has 0 aliphatic heterocycles. The quantitative estimate of drug-likeness (QED) is 0.335. The lowest BCUT2D eigenvalue weighted by Crippen LogP contribution is -2.44. The number of sulfonamides is 1. The first-order valence-corrected chi connectivity index (χ1v) is 9.58. The van der Waals surface area contributed by atoms with Crippen molar-refractivity contribution in [3.63, 3.8) is 0 Å². The number of rotatable bonds is 5. The van der Waals surface area contributed by atoms with Crippen molar-refractivity contribution in [2.45, 2.75) is 18.7 Å². The normalized spacial score (nSPS) is 11.8. The molecule has 0 fully saturated rings. The zero-order chi connectivity index (χ0) is 21.1. The largest absolute Gasteiger partial charge is 0.465 e. The van der Waals surface area contributed by atoms with E-state index in [1.165, 1.54) is 36.4 Å². The van der Waals surface area contributed by atoms with Crippen LogP contribution in [0.15, 0.2) is 40.3 Å². The molecule has 0 amide bonds. The van der Waals surface area contributed by atoms with Gasteiger partial charge in [-0.15, -0.1) is 5.10 Å². The SMILES string of the molecule is COC(=O)c1ccccc1S(=O)(=O)N(C(N)=NN(C)C)c1nc(C)cc(C)n1. The number of benzene rings is 1. The Morgan fingerprint density at radius 2 is 1.71 bits per heavy atom. The summed E-state index contributed by atoms with van der Waals surface area (Å²) in [5, 5.41) is 5.32. The van der Waals surface area contributed by atoms with E-state index in [4.69, 9.17) is 10.5 Å². The first-order valence-electron chi connectivity index (χ1n) is 8.14. The zero-order valence-corrected chi connectivity index (χ0v) is 17.1. The van der Waals surface area contributed by atoms with Crippen LogP contribution in [0, 0.1) is 13.8 Å². The molecule has 0 unspecified atom stereocenters. The second-order valence-electron chi connectivity index (χ2n) is 6.01. The summed E-state index contributed by atoms with van der Waals surface area (Å²) in [6.45, 7) is 3.40. The maximum atomic E-state index is 13.5. The molecule has 0 radical (unpaired) electrons. The molecule has 1 heterocycles. The topological polar surface area (TPSA) is 131 Å². The van der Waals surface area contributed by atoms with Crippen molar-refractivity contribution in [3.05, 3.63) is 47.3 Å². The zero-order valence-electron chi connectivity index (χ0n) is 16.2. The number of carbonyl (C=O) groups is 1. The number of esters is 1. The van der Waals surface area contributed by atoms with Crippen molar-refractivity contribution in [3.8, 4) is 0 Å². The molecule has 1 aromatic carbocycles. The molecular weight excluding hydrogens is 384 g/mol. The van der Waals surface area contributed by atoms with Crippen LogP contribution >= 0.6 is 0 Å². The number of nitrogens with zero attached hydrogens (tertiary/aromatic N) is 5. The average molecular weight is 406 g/mol. The second-order valence-corrected chi connectivity index (χ2v) is 7.77. The highest BCUT2D eigenvalue weighted by molar-refractivity contribution is 7.93. The number of ether oxygens (including phenoxy) is 1. The molecule has 2 N–H and O–H groups in total. The monoisotopic (exact) mass is 406 g/mol. The molecule has 2 rings (SSSR count). The summed E-state index contributed by atoms with van der Waals surface area (Å²) < 4.78 is 32.4. The predicted molar refractivity (Wildman–Crippen MR) is 104 cm³/mol. The number of hydrazone groups is 1. The van der Waals surface area contributed by atoms with Crippen LogP contribution in [0.2, 0.25) is 0 Å². The molecule has 0 saturated heterocycles. The van der Waals surface area contributed by atoms with Gasteiger partial charge in [0.05, 0.1) is 12.7 Å². The number of hydrogen-bond acceptors (Lipinski definition) is 8. The van der Waals surface area contributed by atoms with E-state index in [1.807, 2.05) is 0 Å². The van der Waals surface area contributed by atoms with Crippen LogP contribution in [0.25, 0.3) is 0 Å². The third-order valence-corrected chi connectivity index (χ3v) is 5.22. The fraction of sp³-hybridized carbons (Fsp3) is 0.294. The van der Waals surface area contributed by atoms with Gasteiger partial charge in [-0.1, -0.05) is 12.1 Å². The number of aromatic nitrogens is 2. The Morgan fingerprint density at radius 3 is 2.25 bits per heavy atom. The molecule has 11 heteroatoms. The van der Waals surface area contributed by atoms with Gasteiger partial charge in [-0.05, 0) is 32.0 Å². The number of nitrogens with two attached hydrogens (primary N) is 1. The number of aryl methyl sites for hydroxylation is 2. The van der Waals surface area contributed by atoms with E-state index in [0.29, 0.717) is 15.7 Å². The molecule has 28 heavy (non-hydrogen) atoms. The standard InChI is InChI=1S/C17H22N6O4S/c1-11-10-12(2)20-17(19-11)23(16(18)21-22(3)4)28(25,26)14-9-7-6-8-13(14)15(24)27-5/h6-10H,1-5H3,(H2,18,21). The first kappa shape index (κ1) is 21.1. The summed E-state index contributed by atoms with van der Waals surface area (Å²) in [6.07, 6.45) is 0. The molecule has 0 aliphatic rings. The van der Waals surface area contributed by atoms with Crippen molar-refractivity contribution in [1.82, 2.24) is 15.0 Å². The molecule has 0 aliphatic carbocycles. The van der Waals surface area contributed by atoms with Crippen LogP contribution in [0.4, 0.5) is 5.95 Å². The average Bonchev–Trinajstić information content (AvgIpc) is 2.59. The molecule has 150 valence electrons. The first-order chi connectivity index (χ1) is 13.1. The number of guanidine groups is 1. The summed E-state index contributed by atoms with van der Waals surface area (Å²) in [6, 6.07) is 7.33. The molecule has 0 saturated carbocycles.